The Balaban J connectivity index is 2.19. The number of carbonyl (C=O) groups is 1. The van der Waals surface area contributed by atoms with E-state index in [0.717, 1.165) is 5.56 Å². The molecule has 1 aromatic carbocycles. The number of carboxylic acid groups (broad SMARTS) is 1. The third kappa shape index (κ3) is 2.41. The molecule has 1 aliphatic heterocycles. The van der Waals surface area contributed by atoms with Crippen LogP contribution >= 0.6 is 0 Å². The van der Waals surface area contributed by atoms with Crippen molar-refractivity contribution in [3.8, 4) is 0 Å². The van der Waals surface area contributed by atoms with E-state index in [1.165, 1.54) is 0 Å². The third-order valence-electron chi connectivity index (χ3n) is 2.65. The number of hydrogen-bond acceptors (Lipinski definition) is 5. The van der Waals surface area contributed by atoms with Gasteiger partial charge in [0.05, 0.1) is 6.10 Å². The number of anilines is 1. The molecule has 1 aromatic rings. The second-order valence-corrected chi connectivity index (χ2v) is 3.80. The first-order valence-electron chi connectivity index (χ1n) is 5.25. The number of carboxylic acids is 1. The van der Waals surface area contributed by atoms with Gasteiger partial charge in [-0.3, -0.25) is 4.79 Å². The Kier molecular flexibility index (Phi) is 3.32. The van der Waals surface area contributed by atoms with Crippen molar-refractivity contribution in [3.63, 3.8) is 0 Å². The van der Waals surface area contributed by atoms with Gasteiger partial charge in [0.2, 0.25) is 0 Å². The van der Waals surface area contributed by atoms with Crippen LogP contribution in [-0.4, -0.2) is 36.3 Å². The first-order valence-corrected chi connectivity index (χ1v) is 5.25. The fourth-order valence-electron chi connectivity index (χ4n) is 1.85. The fourth-order valence-corrected chi connectivity index (χ4v) is 1.85. The molecule has 17 heavy (non-hydrogen) atoms. The van der Waals surface area contributed by atoms with Crippen molar-refractivity contribution < 1.29 is 19.6 Å². The minimum absolute atomic E-state index is 0.171. The number of aliphatic carboxylic acids is 1. The summed E-state index contributed by atoms with van der Waals surface area (Å²) in [6, 6.07) is 5.21. The SMILES string of the molecule is NCC1OB(O)c2cc(NCC(=O)O)ccc21. The van der Waals surface area contributed by atoms with E-state index in [1.807, 2.05) is 0 Å². The van der Waals surface area contributed by atoms with E-state index in [1.54, 1.807) is 18.2 Å². The molecule has 0 aliphatic carbocycles. The second-order valence-electron chi connectivity index (χ2n) is 3.80. The van der Waals surface area contributed by atoms with Crippen LogP contribution in [0.2, 0.25) is 0 Å². The zero-order chi connectivity index (χ0) is 12.4. The lowest BCUT2D eigenvalue weighted by Crippen LogP contribution is -2.28. The Morgan fingerprint density at radius 1 is 1.59 bits per heavy atom. The van der Waals surface area contributed by atoms with Gasteiger partial charge in [-0.05, 0) is 23.2 Å². The predicted octanol–water partition coefficient (Wildman–Crippen LogP) is -1.10. The summed E-state index contributed by atoms with van der Waals surface area (Å²) in [6.45, 7) is 0.127. The molecule has 2 rings (SSSR count). The van der Waals surface area contributed by atoms with Crippen molar-refractivity contribution in [1.82, 2.24) is 0 Å². The van der Waals surface area contributed by atoms with E-state index in [0.29, 0.717) is 17.7 Å². The monoisotopic (exact) mass is 236 g/mol. The Morgan fingerprint density at radius 2 is 2.35 bits per heavy atom. The number of rotatable bonds is 4. The van der Waals surface area contributed by atoms with Gasteiger partial charge < -0.3 is 25.8 Å². The molecule has 1 heterocycles. The molecule has 0 saturated heterocycles. The highest BCUT2D eigenvalue weighted by Crippen LogP contribution is 2.23. The number of benzene rings is 1. The Bertz CT molecular complexity index is 440. The van der Waals surface area contributed by atoms with Gasteiger partial charge in [-0.15, -0.1) is 0 Å². The molecule has 0 fully saturated rings. The van der Waals surface area contributed by atoms with Gasteiger partial charge in [0, 0.05) is 12.2 Å². The number of fused-ring (bicyclic) bond motifs is 1. The van der Waals surface area contributed by atoms with Crippen LogP contribution in [0.15, 0.2) is 18.2 Å². The van der Waals surface area contributed by atoms with Crippen LogP contribution in [0, 0.1) is 0 Å². The van der Waals surface area contributed by atoms with E-state index in [4.69, 9.17) is 15.5 Å². The fraction of sp³-hybridized carbons (Fsp3) is 0.300. The lowest BCUT2D eigenvalue weighted by molar-refractivity contribution is -0.134. The molecule has 0 bridgehead atoms. The van der Waals surface area contributed by atoms with Crippen LogP contribution in [0.3, 0.4) is 0 Å². The van der Waals surface area contributed by atoms with Crippen molar-refractivity contribution >= 4 is 24.2 Å². The molecule has 90 valence electrons. The van der Waals surface area contributed by atoms with E-state index < -0.39 is 13.1 Å². The van der Waals surface area contributed by atoms with Crippen molar-refractivity contribution in [2.24, 2.45) is 5.73 Å². The normalized spacial score (nSPS) is 18.0. The zero-order valence-corrected chi connectivity index (χ0v) is 9.09. The molecule has 1 unspecified atom stereocenters. The van der Waals surface area contributed by atoms with E-state index in [-0.39, 0.29) is 12.6 Å². The summed E-state index contributed by atoms with van der Waals surface area (Å²) in [7, 11) is -0.995. The molecule has 7 heteroatoms. The molecule has 0 aromatic heterocycles. The van der Waals surface area contributed by atoms with Gasteiger partial charge in [0.15, 0.2) is 0 Å². The molecule has 0 radical (unpaired) electrons. The average molecular weight is 236 g/mol. The number of nitrogens with one attached hydrogen (secondary N) is 1. The van der Waals surface area contributed by atoms with Gasteiger partial charge >= 0.3 is 13.1 Å². The minimum Gasteiger partial charge on any atom is -0.480 e. The van der Waals surface area contributed by atoms with Crippen molar-refractivity contribution in [2.45, 2.75) is 6.10 Å². The van der Waals surface area contributed by atoms with Gasteiger partial charge in [-0.2, -0.15) is 0 Å². The highest BCUT2D eigenvalue weighted by atomic mass is 16.5. The van der Waals surface area contributed by atoms with Crippen LogP contribution < -0.4 is 16.5 Å². The van der Waals surface area contributed by atoms with Gasteiger partial charge in [-0.1, -0.05) is 6.07 Å². The Morgan fingerprint density at radius 3 is 3.00 bits per heavy atom. The highest BCUT2D eigenvalue weighted by molar-refractivity contribution is 6.61. The summed E-state index contributed by atoms with van der Waals surface area (Å²) >= 11 is 0. The quantitative estimate of drug-likeness (QED) is 0.494. The summed E-state index contributed by atoms with van der Waals surface area (Å²) in [5, 5.41) is 20.9. The molecule has 0 spiro atoms. The van der Waals surface area contributed by atoms with E-state index in [9.17, 15) is 9.82 Å². The van der Waals surface area contributed by atoms with Gasteiger partial charge in [-0.25, -0.2) is 0 Å². The lowest BCUT2D eigenvalue weighted by Gasteiger charge is -2.09. The third-order valence-corrected chi connectivity index (χ3v) is 2.65. The van der Waals surface area contributed by atoms with Gasteiger partial charge in [0.1, 0.15) is 6.54 Å². The maximum absolute atomic E-state index is 10.4. The summed E-state index contributed by atoms with van der Waals surface area (Å²) in [5.74, 6) is -0.942. The molecule has 1 atom stereocenters. The number of nitrogens with two attached hydrogens (primary N) is 1. The Hall–Kier alpha value is -1.57. The molecule has 1 aliphatic rings. The van der Waals surface area contributed by atoms with Crippen LogP contribution in [0.4, 0.5) is 5.69 Å². The maximum Gasteiger partial charge on any atom is 0.492 e. The Labute approximate surface area is 98.5 Å². The maximum atomic E-state index is 10.4. The standard InChI is InChI=1S/C10H13BN2O4/c12-4-9-7-2-1-6(13-5-10(14)15)3-8(7)11(16)17-9/h1-3,9,13,16H,4-5,12H2,(H,14,15). The lowest BCUT2D eigenvalue weighted by atomic mass is 9.79. The predicted molar refractivity (Wildman–Crippen MR) is 63.1 cm³/mol. The topological polar surface area (TPSA) is 105 Å². The van der Waals surface area contributed by atoms with Crippen molar-refractivity contribution in [2.75, 3.05) is 18.4 Å². The van der Waals surface area contributed by atoms with Gasteiger partial charge in [0.25, 0.3) is 0 Å². The molecule has 0 amide bonds. The zero-order valence-electron chi connectivity index (χ0n) is 9.09. The van der Waals surface area contributed by atoms with E-state index >= 15 is 0 Å². The largest absolute Gasteiger partial charge is 0.492 e. The molecular formula is C10H13BN2O4. The minimum atomic E-state index is -0.995. The van der Waals surface area contributed by atoms with Crippen LogP contribution in [-0.2, 0) is 9.45 Å². The first kappa shape index (κ1) is 11.9. The van der Waals surface area contributed by atoms with Crippen LogP contribution in [0.25, 0.3) is 0 Å². The smallest absolute Gasteiger partial charge is 0.480 e. The highest BCUT2D eigenvalue weighted by Gasteiger charge is 2.34. The summed E-state index contributed by atoms with van der Waals surface area (Å²) < 4.78 is 5.25. The molecule has 6 nitrogen and oxygen atoms in total. The van der Waals surface area contributed by atoms with E-state index in [2.05, 4.69) is 5.32 Å². The number of hydrogen-bond donors (Lipinski definition) is 4. The van der Waals surface area contributed by atoms with Crippen LogP contribution in [0.1, 0.15) is 11.7 Å². The molecule has 0 saturated carbocycles. The summed E-state index contributed by atoms with van der Waals surface area (Å²) in [4.78, 5) is 10.4. The first-order chi connectivity index (χ1) is 8.11. The van der Waals surface area contributed by atoms with Crippen molar-refractivity contribution in [1.29, 1.82) is 0 Å². The molecule has 5 N–H and O–H groups in total. The average Bonchev–Trinajstić information content (AvgIpc) is 2.63. The van der Waals surface area contributed by atoms with Crippen molar-refractivity contribution in [3.05, 3.63) is 23.8 Å². The summed E-state index contributed by atoms with van der Waals surface area (Å²) in [5.41, 5.74) is 7.63. The summed E-state index contributed by atoms with van der Waals surface area (Å²) in [6.07, 6.45) is -0.298. The second kappa shape index (κ2) is 4.74. The molecular weight excluding hydrogens is 223 g/mol. The van der Waals surface area contributed by atoms with Crippen LogP contribution in [0.5, 0.6) is 0 Å².